The molecule has 0 bridgehead atoms. The van der Waals surface area contributed by atoms with E-state index in [1.165, 1.54) is 0 Å². The number of rotatable bonds is 0. The molecule has 0 unspecified atom stereocenters. The van der Waals surface area contributed by atoms with Crippen LogP contribution in [0, 0.1) is 0 Å². The molecule has 12 nitrogen and oxygen atoms in total. The molecule has 0 aliphatic rings. The van der Waals surface area contributed by atoms with Crippen LogP contribution in [-0.4, -0.2) is 24.4 Å². The molecule has 0 rings (SSSR count). The van der Waals surface area contributed by atoms with Gasteiger partial charge >= 0.3 is 26.2 Å². The molecule has 0 aliphatic heterocycles. The number of primary amides is 4. The normalized spacial score (nSPS) is 5.65. The third-order valence-electron chi connectivity index (χ3n) is 0. The molecular formula is C4H8N4O8Zr. The molecule has 13 heteroatoms. The molecule has 0 aromatic heterocycles. The van der Waals surface area contributed by atoms with E-state index in [0.29, 0.717) is 0 Å². The maximum atomic E-state index is 8.67. The summed E-state index contributed by atoms with van der Waals surface area (Å²) in [4.78, 5) is 34.7. The second-order valence-electron chi connectivity index (χ2n) is 1.28. The van der Waals surface area contributed by atoms with Crippen molar-refractivity contribution in [3.05, 3.63) is 0 Å². The van der Waals surface area contributed by atoms with Crippen LogP contribution < -0.4 is 43.4 Å². The molecule has 0 spiro atoms. The van der Waals surface area contributed by atoms with Gasteiger partial charge < -0.3 is 62.5 Å². The number of hydrogen-bond donors (Lipinski definition) is 4. The Bertz CT molecular complexity index is 170. The first-order chi connectivity index (χ1) is 6.93. The van der Waals surface area contributed by atoms with Gasteiger partial charge in [-0.1, -0.05) is 0 Å². The van der Waals surface area contributed by atoms with Crippen molar-refractivity contribution in [3.63, 3.8) is 0 Å². The number of carbonyl (C=O) groups is 4. The first-order valence-electron chi connectivity index (χ1n) is 2.79. The van der Waals surface area contributed by atoms with Crippen LogP contribution in [0.1, 0.15) is 0 Å². The van der Waals surface area contributed by atoms with Crippen molar-refractivity contribution in [1.82, 2.24) is 0 Å². The Hall–Kier alpha value is -2.04. The minimum absolute atomic E-state index is 0. The topological polar surface area (TPSA) is 265 Å². The average molecular weight is 331 g/mol. The minimum atomic E-state index is -1.58. The zero-order valence-electron chi connectivity index (χ0n) is 8.08. The van der Waals surface area contributed by atoms with Gasteiger partial charge in [0, 0.05) is 0 Å². The molecule has 0 fully saturated rings. The number of amides is 4. The van der Waals surface area contributed by atoms with Gasteiger partial charge in [-0.25, -0.2) is 0 Å². The van der Waals surface area contributed by atoms with Crippen LogP contribution in [0.15, 0.2) is 0 Å². The van der Waals surface area contributed by atoms with E-state index in [2.05, 4.69) is 22.9 Å². The molecule has 0 atom stereocenters. The largest absolute Gasteiger partial charge is 4.00 e. The average Bonchev–Trinajstić information content (AvgIpc) is 1.76. The van der Waals surface area contributed by atoms with Crippen molar-refractivity contribution in [2.45, 2.75) is 0 Å². The summed E-state index contributed by atoms with van der Waals surface area (Å²) in [6.45, 7) is 0. The molecular weight excluding hydrogens is 323 g/mol. The minimum Gasteiger partial charge on any atom is -0.530 e. The summed E-state index contributed by atoms with van der Waals surface area (Å²) >= 11 is 0. The molecule has 0 saturated carbocycles. The molecule has 96 valence electrons. The summed E-state index contributed by atoms with van der Waals surface area (Å²) in [6.07, 6.45) is -6.33. The summed E-state index contributed by atoms with van der Waals surface area (Å²) in [5.41, 5.74) is 15.7. The molecule has 0 radical (unpaired) electrons. The number of carboxylic acid groups (broad SMARTS) is 4. The fourth-order valence-corrected chi connectivity index (χ4v) is 0. The molecule has 17 heavy (non-hydrogen) atoms. The van der Waals surface area contributed by atoms with Crippen molar-refractivity contribution in [2.75, 3.05) is 0 Å². The summed E-state index contributed by atoms with van der Waals surface area (Å²) in [5.74, 6) is 0. The summed E-state index contributed by atoms with van der Waals surface area (Å²) < 4.78 is 0. The van der Waals surface area contributed by atoms with Gasteiger partial charge in [-0.05, 0) is 0 Å². The predicted octanol–water partition coefficient (Wildman–Crippen LogP) is -6.85. The fourth-order valence-electron chi connectivity index (χ4n) is 0. The van der Waals surface area contributed by atoms with Crippen LogP contribution in [0.4, 0.5) is 19.2 Å². The van der Waals surface area contributed by atoms with E-state index in [9.17, 15) is 0 Å². The van der Waals surface area contributed by atoms with Crippen molar-refractivity contribution in [2.24, 2.45) is 22.9 Å². The van der Waals surface area contributed by atoms with Crippen LogP contribution in [0.5, 0.6) is 0 Å². The Balaban J connectivity index is -0.0000000369. The first-order valence-corrected chi connectivity index (χ1v) is 2.79. The molecule has 0 heterocycles. The van der Waals surface area contributed by atoms with Gasteiger partial charge in [0.2, 0.25) is 0 Å². The number of nitrogens with two attached hydrogens (primary N) is 4. The second kappa shape index (κ2) is 23.6. The van der Waals surface area contributed by atoms with Crippen LogP contribution >= 0.6 is 0 Å². The Kier molecular flexibility index (Phi) is 40.9. The Morgan fingerprint density at radius 3 is 0.529 bits per heavy atom. The third kappa shape index (κ3) is 482. The quantitative estimate of drug-likeness (QED) is 0.330. The molecule has 0 saturated heterocycles. The zero-order valence-corrected chi connectivity index (χ0v) is 10.5. The van der Waals surface area contributed by atoms with Crippen LogP contribution in [0.2, 0.25) is 0 Å². The number of carbonyl (C=O) groups excluding carboxylic acids is 4. The molecule has 0 aliphatic carbocycles. The van der Waals surface area contributed by atoms with Gasteiger partial charge in [0.25, 0.3) is 0 Å². The molecule has 8 N–H and O–H groups in total. The Morgan fingerprint density at radius 1 is 0.529 bits per heavy atom. The number of hydrogen-bond acceptors (Lipinski definition) is 8. The van der Waals surface area contributed by atoms with Gasteiger partial charge in [-0.15, -0.1) is 0 Å². The van der Waals surface area contributed by atoms with Crippen LogP contribution in [0.3, 0.4) is 0 Å². The van der Waals surface area contributed by atoms with Crippen LogP contribution in [0.25, 0.3) is 0 Å². The standard InChI is InChI=1S/4CH3NO2.Zr/c4*2-1(3)4;/h4*2H2,(H,3,4);/q;;;;+4/p-4. The maximum Gasteiger partial charge on any atom is 4.00 e. The zero-order chi connectivity index (χ0) is 14.3. The van der Waals surface area contributed by atoms with E-state index in [-0.39, 0.29) is 26.2 Å². The van der Waals surface area contributed by atoms with Gasteiger partial charge in [0.05, 0.1) is 0 Å². The second-order valence-corrected chi connectivity index (χ2v) is 1.28. The van der Waals surface area contributed by atoms with E-state index < -0.39 is 24.4 Å². The monoisotopic (exact) mass is 330 g/mol. The Labute approximate surface area is 113 Å². The van der Waals surface area contributed by atoms with Crippen molar-refractivity contribution in [3.8, 4) is 0 Å². The smallest absolute Gasteiger partial charge is 0.530 e. The van der Waals surface area contributed by atoms with E-state index >= 15 is 0 Å². The maximum absolute atomic E-state index is 8.67. The third-order valence-corrected chi connectivity index (χ3v) is 0. The molecule has 0 aromatic rings. The van der Waals surface area contributed by atoms with Crippen molar-refractivity contribution in [1.29, 1.82) is 0 Å². The van der Waals surface area contributed by atoms with E-state index in [4.69, 9.17) is 39.6 Å². The fraction of sp³-hybridized carbons (Fsp3) is 0. The van der Waals surface area contributed by atoms with E-state index in [0.717, 1.165) is 0 Å². The van der Waals surface area contributed by atoms with E-state index in [1.807, 2.05) is 0 Å². The van der Waals surface area contributed by atoms with E-state index in [1.54, 1.807) is 0 Å². The molecule has 0 aromatic carbocycles. The Morgan fingerprint density at radius 2 is 0.529 bits per heavy atom. The van der Waals surface area contributed by atoms with Gasteiger partial charge in [0.1, 0.15) is 24.4 Å². The first kappa shape index (κ1) is 29.4. The summed E-state index contributed by atoms with van der Waals surface area (Å²) in [5, 5.41) is 34.7. The van der Waals surface area contributed by atoms with Gasteiger partial charge in [0.15, 0.2) is 0 Å². The predicted molar refractivity (Wildman–Crippen MR) is 38.3 cm³/mol. The van der Waals surface area contributed by atoms with Crippen molar-refractivity contribution < 1.29 is 65.8 Å². The summed E-state index contributed by atoms with van der Waals surface area (Å²) in [7, 11) is 0. The SMILES string of the molecule is NC(=O)[O-].NC(=O)[O-].NC(=O)[O-].NC(=O)[O-].[Zr+4]. The van der Waals surface area contributed by atoms with Crippen LogP contribution in [-0.2, 0) is 26.2 Å². The van der Waals surface area contributed by atoms with Crippen molar-refractivity contribution >= 4 is 24.4 Å². The molecule has 4 amide bonds. The summed E-state index contributed by atoms with van der Waals surface area (Å²) in [6, 6.07) is 0. The van der Waals surface area contributed by atoms with Gasteiger partial charge in [-0.3, -0.25) is 0 Å². The van der Waals surface area contributed by atoms with Gasteiger partial charge in [-0.2, -0.15) is 0 Å².